The molecule has 0 unspecified atom stereocenters. The van der Waals surface area contributed by atoms with Gasteiger partial charge < -0.3 is 10.1 Å². The number of ether oxygens (including phenoxy) is 1. The van der Waals surface area contributed by atoms with Crippen molar-refractivity contribution in [2.45, 2.75) is 39.8 Å². The van der Waals surface area contributed by atoms with Crippen LogP contribution in [0.5, 0.6) is 5.75 Å². The number of rotatable bonds is 6. The smallest absolute Gasteiger partial charge is 0.261 e. The largest absolute Gasteiger partial charge is 0.480 e. The van der Waals surface area contributed by atoms with Crippen molar-refractivity contribution in [3.05, 3.63) is 77.4 Å². The molecule has 0 saturated carbocycles. The third kappa shape index (κ3) is 4.23. The van der Waals surface area contributed by atoms with Gasteiger partial charge in [0.25, 0.3) is 5.91 Å². The molecule has 0 aliphatic carbocycles. The van der Waals surface area contributed by atoms with Gasteiger partial charge in [-0.15, -0.1) is 0 Å². The van der Waals surface area contributed by atoms with Crippen LogP contribution in [0.4, 0.5) is 0 Å². The van der Waals surface area contributed by atoms with Crippen molar-refractivity contribution >= 4 is 16.7 Å². The topological polar surface area (TPSA) is 38.3 Å². The molecule has 26 heavy (non-hydrogen) atoms. The summed E-state index contributed by atoms with van der Waals surface area (Å²) in [6.07, 6.45) is 0.132. The van der Waals surface area contributed by atoms with Crippen molar-refractivity contribution in [3.8, 4) is 5.75 Å². The summed E-state index contributed by atoms with van der Waals surface area (Å²) in [5, 5.41) is 5.38. The molecule has 134 valence electrons. The monoisotopic (exact) mass is 347 g/mol. The lowest BCUT2D eigenvalue weighted by molar-refractivity contribution is -0.128. The molecule has 0 spiro atoms. The average molecular weight is 347 g/mol. The molecule has 0 aliphatic rings. The van der Waals surface area contributed by atoms with E-state index in [0.29, 0.717) is 13.0 Å². The van der Waals surface area contributed by atoms with Crippen molar-refractivity contribution < 1.29 is 9.53 Å². The van der Waals surface area contributed by atoms with E-state index in [4.69, 9.17) is 4.74 Å². The van der Waals surface area contributed by atoms with Crippen LogP contribution in [0.2, 0.25) is 0 Å². The third-order valence-electron chi connectivity index (χ3n) is 4.56. The summed E-state index contributed by atoms with van der Waals surface area (Å²) in [4.78, 5) is 12.6. The van der Waals surface area contributed by atoms with Gasteiger partial charge in [0.15, 0.2) is 6.10 Å². The van der Waals surface area contributed by atoms with Crippen molar-refractivity contribution in [3.63, 3.8) is 0 Å². The van der Waals surface area contributed by atoms with Gasteiger partial charge in [-0.1, -0.05) is 55.5 Å². The van der Waals surface area contributed by atoms with Crippen LogP contribution in [0.1, 0.15) is 30.0 Å². The number of carbonyl (C=O) groups is 1. The lowest BCUT2D eigenvalue weighted by Gasteiger charge is -2.19. The Hall–Kier alpha value is -2.81. The van der Waals surface area contributed by atoms with Crippen LogP contribution >= 0.6 is 0 Å². The van der Waals surface area contributed by atoms with Crippen LogP contribution in [0.3, 0.4) is 0 Å². The highest BCUT2D eigenvalue weighted by Crippen LogP contribution is 2.21. The summed E-state index contributed by atoms with van der Waals surface area (Å²) < 4.78 is 5.98. The fraction of sp³-hybridized carbons (Fsp3) is 0.261. The zero-order valence-corrected chi connectivity index (χ0v) is 15.6. The Morgan fingerprint density at radius 1 is 1.00 bits per heavy atom. The molecule has 3 rings (SSSR count). The molecule has 1 amide bonds. The Morgan fingerprint density at radius 3 is 2.54 bits per heavy atom. The van der Waals surface area contributed by atoms with Gasteiger partial charge in [-0.05, 0) is 59.9 Å². The number of carbonyl (C=O) groups excluding carboxylic acids is 1. The summed E-state index contributed by atoms with van der Waals surface area (Å²) in [6.45, 7) is 6.48. The molecule has 3 nitrogen and oxygen atoms in total. The minimum absolute atomic E-state index is 0.0819. The van der Waals surface area contributed by atoms with Gasteiger partial charge in [0, 0.05) is 6.54 Å². The van der Waals surface area contributed by atoms with Gasteiger partial charge in [-0.3, -0.25) is 4.79 Å². The lowest BCUT2D eigenvalue weighted by Crippen LogP contribution is -2.37. The first-order chi connectivity index (χ1) is 12.6. The summed E-state index contributed by atoms with van der Waals surface area (Å²) in [5.41, 5.74) is 3.24. The summed E-state index contributed by atoms with van der Waals surface area (Å²) in [7, 11) is 0. The maximum atomic E-state index is 12.6. The molecule has 0 bridgehead atoms. The van der Waals surface area contributed by atoms with E-state index >= 15 is 0 Å². The first-order valence-corrected chi connectivity index (χ1v) is 9.06. The molecular weight excluding hydrogens is 322 g/mol. The van der Waals surface area contributed by atoms with Gasteiger partial charge in [0.1, 0.15) is 5.75 Å². The van der Waals surface area contributed by atoms with E-state index in [1.807, 2.05) is 51.1 Å². The Morgan fingerprint density at radius 2 is 1.77 bits per heavy atom. The van der Waals surface area contributed by atoms with Crippen LogP contribution in [0.25, 0.3) is 10.8 Å². The highest BCUT2D eigenvalue weighted by molar-refractivity contribution is 5.84. The minimum atomic E-state index is -0.490. The van der Waals surface area contributed by atoms with Gasteiger partial charge in [-0.25, -0.2) is 0 Å². The summed E-state index contributed by atoms with van der Waals surface area (Å²) >= 11 is 0. The molecule has 3 aromatic rings. The Kier molecular flexibility index (Phi) is 5.57. The first kappa shape index (κ1) is 18.0. The van der Waals surface area contributed by atoms with E-state index in [2.05, 4.69) is 35.6 Å². The lowest BCUT2D eigenvalue weighted by atomic mass is 10.1. The van der Waals surface area contributed by atoms with Crippen LogP contribution in [-0.4, -0.2) is 12.0 Å². The number of hydrogen-bond acceptors (Lipinski definition) is 2. The van der Waals surface area contributed by atoms with Crippen LogP contribution in [0, 0.1) is 13.8 Å². The fourth-order valence-electron chi connectivity index (χ4n) is 2.96. The van der Waals surface area contributed by atoms with E-state index in [1.165, 1.54) is 10.8 Å². The third-order valence-corrected chi connectivity index (χ3v) is 4.56. The molecule has 0 fully saturated rings. The predicted octanol–water partition coefficient (Wildman–Crippen LogP) is 4.93. The molecule has 1 N–H and O–H groups in total. The highest BCUT2D eigenvalue weighted by atomic mass is 16.5. The molecule has 0 aliphatic heterocycles. The second-order valence-corrected chi connectivity index (χ2v) is 6.68. The van der Waals surface area contributed by atoms with Crippen molar-refractivity contribution in [1.82, 2.24) is 5.32 Å². The van der Waals surface area contributed by atoms with Gasteiger partial charge >= 0.3 is 0 Å². The van der Waals surface area contributed by atoms with Gasteiger partial charge in [0.2, 0.25) is 0 Å². The van der Waals surface area contributed by atoms with Crippen molar-refractivity contribution in [2.24, 2.45) is 0 Å². The summed E-state index contributed by atoms with van der Waals surface area (Å²) in [5.74, 6) is 0.694. The molecule has 1 atom stereocenters. The maximum Gasteiger partial charge on any atom is 0.261 e. The van der Waals surface area contributed by atoms with E-state index in [-0.39, 0.29) is 5.91 Å². The Bertz CT molecular complexity index is 917. The van der Waals surface area contributed by atoms with E-state index in [0.717, 1.165) is 22.4 Å². The van der Waals surface area contributed by atoms with Gasteiger partial charge in [-0.2, -0.15) is 0 Å². The quantitative estimate of drug-likeness (QED) is 0.686. The Balaban J connectivity index is 1.65. The summed E-state index contributed by atoms with van der Waals surface area (Å²) in [6, 6.07) is 20.5. The molecule has 0 radical (unpaired) electrons. The standard InChI is InChI=1S/C23H25NO2/c1-4-21(26-22-13-16(2)9-10-17(22)3)23(25)24-15-18-11-12-19-7-5-6-8-20(19)14-18/h5-14,21H,4,15H2,1-3H3,(H,24,25)/t21-/m1/s1. The molecule has 0 saturated heterocycles. The van der Waals surface area contributed by atoms with Crippen LogP contribution in [0.15, 0.2) is 60.7 Å². The first-order valence-electron chi connectivity index (χ1n) is 9.06. The molecular formula is C23H25NO2. The number of hydrogen-bond donors (Lipinski definition) is 1. The normalized spacial score (nSPS) is 12.0. The molecule has 0 heterocycles. The number of aryl methyl sites for hydroxylation is 2. The van der Waals surface area contributed by atoms with Crippen molar-refractivity contribution in [1.29, 1.82) is 0 Å². The number of nitrogens with one attached hydrogen (secondary N) is 1. The Labute approximate surface area is 155 Å². The average Bonchev–Trinajstić information content (AvgIpc) is 2.66. The molecule has 0 aromatic heterocycles. The zero-order chi connectivity index (χ0) is 18.5. The maximum absolute atomic E-state index is 12.6. The number of benzene rings is 3. The minimum Gasteiger partial charge on any atom is -0.480 e. The second-order valence-electron chi connectivity index (χ2n) is 6.68. The number of fused-ring (bicyclic) bond motifs is 1. The van der Waals surface area contributed by atoms with Crippen molar-refractivity contribution in [2.75, 3.05) is 0 Å². The predicted molar refractivity (Wildman–Crippen MR) is 106 cm³/mol. The van der Waals surface area contributed by atoms with E-state index < -0.39 is 6.10 Å². The van der Waals surface area contributed by atoms with Crippen LogP contribution < -0.4 is 10.1 Å². The fourth-order valence-corrected chi connectivity index (χ4v) is 2.96. The second kappa shape index (κ2) is 8.05. The highest BCUT2D eigenvalue weighted by Gasteiger charge is 2.19. The number of amides is 1. The molecule has 3 heteroatoms. The molecule has 3 aromatic carbocycles. The van der Waals surface area contributed by atoms with E-state index in [9.17, 15) is 4.79 Å². The zero-order valence-electron chi connectivity index (χ0n) is 15.6. The van der Waals surface area contributed by atoms with Gasteiger partial charge in [0.05, 0.1) is 0 Å². The van der Waals surface area contributed by atoms with Crippen LogP contribution in [-0.2, 0) is 11.3 Å². The SMILES string of the molecule is CC[C@@H](Oc1cc(C)ccc1C)C(=O)NCc1ccc2ccccc2c1. The van der Waals surface area contributed by atoms with E-state index in [1.54, 1.807) is 0 Å².